The third kappa shape index (κ3) is 3.84. The zero-order valence-electron chi connectivity index (χ0n) is 15.0. The summed E-state index contributed by atoms with van der Waals surface area (Å²) in [5, 5.41) is 0.924. The summed E-state index contributed by atoms with van der Waals surface area (Å²) >= 11 is 1.63. The van der Waals surface area contributed by atoms with E-state index in [4.69, 9.17) is 4.74 Å². The zero-order valence-corrected chi connectivity index (χ0v) is 16.6. The second-order valence-electron chi connectivity index (χ2n) is 6.42. The predicted octanol–water partition coefficient (Wildman–Crippen LogP) is 3.72. The lowest BCUT2D eigenvalue weighted by atomic mass is 10.1. The molecule has 0 saturated carbocycles. The van der Waals surface area contributed by atoms with E-state index in [-0.39, 0.29) is 11.5 Å². The molecule has 5 nitrogen and oxygen atoms in total. The van der Waals surface area contributed by atoms with Crippen molar-refractivity contribution in [2.45, 2.75) is 0 Å². The van der Waals surface area contributed by atoms with Gasteiger partial charge < -0.3 is 9.64 Å². The van der Waals surface area contributed by atoms with Crippen molar-refractivity contribution in [1.29, 1.82) is 0 Å². The quantitative estimate of drug-likeness (QED) is 0.668. The summed E-state index contributed by atoms with van der Waals surface area (Å²) in [6.07, 6.45) is 1.88. The number of sulfone groups is 1. The molecular formula is C20H20N2O3S2. The molecule has 3 aromatic rings. The number of anilines is 1. The minimum Gasteiger partial charge on any atom is -0.496 e. The van der Waals surface area contributed by atoms with Crippen LogP contribution in [0.1, 0.15) is 0 Å². The van der Waals surface area contributed by atoms with Crippen LogP contribution in [0.3, 0.4) is 0 Å². The molecule has 1 saturated heterocycles. The monoisotopic (exact) mass is 400 g/mol. The Bertz CT molecular complexity index is 1030. The standard InChI is InChI=1S/C20H20N2O3S2/c1-25-18-5-3-2-4-17(18)20-21-14-19(26-20)15-6-8-16(9-7-15)22-10-12-27(23,24)13-11-22/h2-9,14H,10-13H2,1H3. The fourth-order valence-corrected chi connectivity index (χ4v) is 5.31. The molecule has 4 rings (SSSR count). The van der Waals surface area contributed by atoms with Crippen LogP contribution in [-0.2, 0) is 9.84 Å². The van der Waals surface area contributed by atoms with Gasteiger partial charge in [-0.1, -0.05) is 24.3 Å². The van der Waals surface area contributed by atoms with E-state index in [0.29, 0.717) is 13.1 Å². The molecule has 0 amide bonds. The van der Waals surface area contributed by atoms with Crippen LogP contribution in [0.5, 0.6) is 5.75 Å². The largest absolute Gasteiger partial charge is 0.496 e. The Kier molecular flexibility index (Phi) is 4.88. The van der Waals surface area contributed by atoms with Gasteiger partial charge in [0.05, 0.1) is 29.1 Å². The topological polar surface area (TPSA) is 59.5 Å². The number of nitrogens with zero attached hydrogens (tertiary/aromatic N) is 2. The molecule has 0 unspecified atom stereocenters. The van der Waals surface area contributed by atoms with Gasteiger partial charge >= 0.3 is 0 Å². The number of benzene rings is 2. The van der Waals surface area contributed by atoms with Gasteiger partial charge in [-0.05, 0) is 29.8 Å². The van der Waals surface area contributed by atoms with Gasteiger partial charge in [0, 0.05) is 25.0 Å². The molecule has 0 atom stereocenters. The van der Waals surface area contributed by atoms with E-state index in [1.54, 1.807) is 18.4 Å². The Balaban J connectivity index is 1.54. The molecule has 27 heavy (non-hydrogen) atoms. The van der Waals surface area contributed by atoms with Crippen LogP contribution in [0.4, 0.5) is 5.69 Å². The van der Waals surface area contributed by atoms with E-state index >= 15 is 0 Å². The minimum absolute atomic E-state index is 0.228. The van der Waals surface area contributed by atoms with Crippen molar-refractivity contribution in [3.63, 3.8) is 0 Å². The molecule has 0 bridgehead atoms. The number of ether oxygens (including phenoxy) is 1. The highest BCUT2D eigenvalue weighted by Gasteiger charge is 2.21. The summed E-state index contributed by atoms with van der Waals surface area (Å²) in [6.45, 7) is 1.11. The fourth-order valence-electron chi connectivity index (χ4n) is 3.16. The van der Waals surface area contributed by atoms with Crippen LogP contribution in [0.25, 0.3) is 21.0 Å². The van der Waals surface area contributed by atoms with Gasteiger partial charge in [0.15, 0.2) is 9.84 Å². The Labute approximate surface area is 163 Å². The summed E-state index contributed by atoms with van der Waals surface area (Å²) in [5.41, 5.74) is 3.15. The molecule has 140 valence electrons. The van der Waals surface area contributed by atoms with Gasteiger partial charge in [0.25, 0.3) is 0 Å². The van der Waals surface area contributed by atoms with Gasteiger partial charge in [-0.2, -0.15) is 0 Å². The number of rotatable bonds is 4. The van der Waals surface area contributed by atoms with Gasteiger partial charge in [-0.3, -0.25) is 0 Å². The van der Waals surface area contributed by atoms with E-state index in [2.05, 4.69) is 34.1 Å². The van der Waals surface area contributed by atoms with Crippen LogP contribution in [0.2, 0.25) is 0 Å². The molecule has 1 aliphatic heterocycles. The molecule has 7 heteroatoms. The van der Waals surface area contributed by atoms with E-state index in [1.165, 1.54) is 0 Å². The highest BCUT2D eigenvalue weighted by molar-refractivity contribution is 7.91. The predicted molar refractivity (Wildman–Crippen MR) is 110 cm³/mol. The van der Waals surface area contributed by atoms with Crippen LogP contribution in [0.15, 0.2) is 54.7 Å². The lowest BCUT2D eigenvalue weighted by molar-refractivity contribution is 0.416. The Morgan fingerprint density at radius 3 is 2.44 bits per heavy atom. The SMILES string of the molecule is COc1ccccc1-c1ncc(-c2ccc(N3CCS(=O)(=O)CC3)cc2)s1. The maximum absolute atomic E-state index is 11.6. The summed E-state index contributed by atoms with van der Waals surface area (Å²) < 4.78 is 28.6. The molecule has 2 heterocycles. The van der Waals surface area contributed by atoms with E-state index in [0.717, 1.165) is 32.4 Å². The number of hydrogen-bond donors (Lipinski definition) is 0. The van der Waals surface area contributed by atoms with E-state index in [9.17, 15) is 8.42 Å². The maximum Gasteiger partial charge on any atom is 0.153 e. The highest BCUT2D eigenvalue weighted by atomic mass is 32.2. The summed E-state index contributed by atoms with van der Waals surface area (Å²) in [5.74, 6) is 1.27. The molecule has 0 N–H and O–H groups in total. The summed E-state index contributed by atoms with van der Waals surface area (Å²) in [4.78, 5) is 7.77. The van der Waals surface area contributed by atoms with Crippen molar-refractivity contribution in [3.05, 3.63) is 54.7 Å². The van der Waals surface area contributed by atoms with Gasteiger partial charge in [0.1, 0.15) is 10.8 Å². The molecule has 0 spiro atoms. The van der Waals surface area contributed by atoms with Crippen molar-refractivity contribution in [3.8, 4) is 26.8 Å². The van der Waals surface area contributed by atoms with Crippen molar-refractivity contribution in [1.82, 2.24) is 4.98 Å². The first kappa shape index (κ1) is 18.0. The average molecular weight is 401 g/mol. The third-order valence-electron chi connectivity index (χ3n) is 4.70. The Hall–Kier alpha value is -2.38. The Morgan fingerprint density at radius 1 is 1.04 bits per heavy atom. The van der Waals surface area contributed by atoms with Gasteiger partial charge in [-0.25, -0.2) is 13.4 Å². The lowest BCUT2D eigenvalue weighted by Crippen LogP contribution is -2.40. The van der Waals surface area contributed by atoms with Crippen molar-refractivity contribution in [2.24, 2.45) is 0 Å². The average Bonchev–Trinajstić information content (AvgIpc) is 3.18. The number of para-hydroxylation sites is 1. The smallest absolute Gasteiger partial charge is 0.153 e. The first-order valence-electron chi connectivity index (χ1n) is 8.71. The Morgan fingerprint density at radius 2 is 1.74 bits per heavy atom. The van der Waals surface area contributed by atoms with Gasteiger partial charge in [0.2, 0.25) is 0 Å². The van der Waals surface area contributed by atoms with Crippen molar-refractivity contribution < 1.29 is 13.2 Å². The molecule has 0 radical (unpaired) electrons. The summed E-state index contributed by atoms with van der Waals surface area (Å²) in [6, 6.07) is 16.1. The number of methoxy groups -OCH3 is 1. The van der Waals surface area contributed by atoms with Gasteiger partial charge in [-0.15, -0.1) is 11.3 Å². The number of thiazole rings is 1. The highest BCUT2D eigenvalue weighted by Crippen LogP contribution is 2.36. The van der Waals surface area contributed by atoms with Crippen molar-refractivity contribution >= 4 is 26.9 Å². The van der Waals surface area contributed by atoms with Crippen LogP contribution < -0.4 is 9.64 Å². The number of aromatic nitrogens is 1. The number of hydrogen-bond acceptors (Lipinski definition) is 6. The normalized spacial score (nSPS) is 16.3. The summed E-state index contributed by atoms with van der Waals surface area (Å²) in [7, 11) is -1.20. The van der Waals surface area contributed by atoms with Crippen LogP contribution in [0, 0.1) is 0 Å². The zero-order chi connectivity index (χ0) is 18.9. The van der Waals surface area contributed by atoms with Crippen LogP contribution in [-0.4, -0.2) is 45.1 Å². The first-order valence-corrected chi connectivity index (χ1v) is 11.3. The fraction of sp³-hybridized carbons (Fsp3) is 0.250. The maximum atomic E-state index is 11.6. The second kappa shape index (κ2) is 7.32. The third-order valence-corrected chi connectivity index (χ3v) is 7.39. The second-order valence-corrected chi connectivity index (χ2v) is 9.75. The lowest BCUT2D eigenvalue weighted by Gasteiger charge is -2.28. The molecule has 0 aliphatic carbocycles. The van der Waals surface area contributed by atoms with E-state index in [1.807, 2.05) is 30.5 Å². The van der Waals surface area contributed by atoms with E-state index < -0.39 is 9.84 Å². The molecular weight excluding hydrogens is 380 g/mol. The van der Waals surface area contributed by atoms with Crippen LogP contribution >= 0.6 is 11.3 Å². The molecule has 1 fully saturated rings. The molecule has 1 aliphatic rings. The molecule has 2 aromatic carbocycles. The molecule has 1 aromatic heterocycles. The van der Waals surface area contributed by atoms with Crippen molar-refractivity contribution in [2.75, 3.05) is 36.6 Å². The minimum atomic E-state index is -2.86. The first-order chi connectivity index (χ1) is 13.1.